The molecule has 3 heteroatoms. The van der Waals surface area contributed by atoms with Crippen molar-refractivity contribution in [1.82, 2.24) is 4.57 Å². The summed E-state index contributed by atoms with van der Waals surface area (Å²) in [5.74, 6) is 0.845. The number of hydrogen-bond acceptors (Lipinski definition) is 1. The van der Waals surface area contributed by atoms with Gasteiger partial charge in [-0.25, -0.2) is 0 Å². The van der Waals surface area contributed by atoms with Gasteiger partial charge in [-0.3, -0.25) is 0 Å². The molecule has 0 N–H and O–H groups in total. The lowest BCUT2D eigenvalue weighted by atomic mass is 10.1. The molecule has 0 saturated heterocycles. The number of nitrogens with zero attached hydrogens (tertiary/aromatic N) is 1. The van der Waals surface area contributed by atoms with Crippen LogP contribution in [0.4, 0.5) is 0 Å². The minimum atomic E-state index is -0.434. The fourth-order valence-electron chi connectivity index (χ4n) is 3.04. The van der Waals surface area contributed by atoms with Gasteiger partial charge in [-0.2, -0.15) is 0 Å². The van der Waals surface area contributed by atoms with Crippen molar-refractivity contribution in [1.29, 1.82) is 0 Å². The Morgan fingerprint density at radius 1 is 1.05 bits per heavy atom. The van der Waals surface area contributed by atoms with Crippen molar-refractivity contribution in [2.75, 3.05) is 0 Å². The highest BCUT2D eigenvalue weighted by Crippen LogP contribution is 2.44. The van der Waals surface area contributed by atoms with Crippen LogP contribution in [-0.2, 0) is 5.72 Å². The third kappa shape index (κ3) is 1.52. The predicted octanol–water partition coefficient (Wildman–Crippen LogP) is 5.05. The molecule has 0 spiro atoms. The molecule has 1 aromatic heterocycles. The number of para-hydroxylation sites is 1. The molecule has 20 heavy (non-hydrogen) atoms. The van der Waals surface area contributed by atoms with Crippen molar-refractivity contribution in [3.05, 3.63) is 53.6 Å². The summed E-state index contributed by atoms with van der Waals surface area (Å²) in [5.41, 5.74) is 3.02. The first-order valence-electron chi connectivity index (χ1n) is 6.66. The summed E-state index contributed by atoms with van der Waals surface area (Å²) in [6, 6.07) is 16.4. The monoisotopic (exact) mass is 283 g/mol. The van der Waals surface area contributed by atoms with E-state index in [0.29, 0.717) is 5.02 Å². The van der Waals surface area contributed by atoms with Gasteiger partial charge in [-0.1, -0.05) is 29.8 Å². The van der Waals surface area contributed by atoms with E-state index in [0.717, 1.165) is 11.3 Å². The second kappa shape index (κ2) is 3.80. The molecule has 4 rings (SSSR count). The Morgan fingerprint density at radius 3 is 2.70 bits per heavy atom. The third-order valence-electron chi connectivity index (χ3n) is 3.83. The van der Waals surface area contributed by atoms with E-state index in [9.17, 15) is 0 Å². The van der Waals surface area contributed by atoms with E-state index in [1.54, 1.807) is 0 Å². The van der Waals surface area contributed by atoms with Crippen LogP contribution in [0.25, 0.3) is 22.2 Å². The van der Waals surface area contributed by atoms with Crippen molar-refractivity contribution in [3.8, 4) is 17.0 Å². The number of fused-ring (bicyclic) bond motifs is 5. The molecule has 1 aliphatic heterocycles. The summed E-state index contributed by atoms with van der Waals surface area (Å²) in [5, 5.41) is 1.92. The zero-order chi connectivity index (χ0) is 13.9. The Labute approximate surface area is 122 Å². The Kier molecular flexibility index (Phi) is 2.25. The van der Waals surface area contributed by atoms with E-state index in [2.05, 4.69) is 48.7 Å². The fourth-order valence-corrected chi connectivity index (χ4v) is 3.20. The lowest BCUT2D eigenvalue weighted by Gasteiger charge is -2.36. The van der Waals surface area contributed by atoms with Gasteiger partial charge in [-0.15, -0.1) is 0 Å². The first-order chi connectivity index (χ1) is 9.56. The number of ether oxygens (including phenoxy) is 1. The van der Waals surface area contributed by atoms with E-state index < -0.39 is 5.72 Å². The first kappa shape index (κ1) is 11.9. The molecule has 100 valence electrons. The van der Waals surface area contributed by atoms with Crippen LogP contribution in [0, 0.1) is 0 Å². The molecule has 2 aromatic carbocycles. The average molecular weight is 284 g/mol. The molecule has 2 nitrogen and oxygen atoms in total. The smallest absolute Gasteiger partial charge is 0.181 e. The Hall–Kier alpha value is -1.93. The Balaban J connectivity index is 2.13. The van der Waals surface area contributed by atoms with Crippen LogP contribution in [0.1, 0.15) is 13.8 Å². The molecule has 3 aromatic rings. The fraction of sp³-hybridized carbons (Fsp3) is 0.176. The molecular formula is C17H14ClNO. The average Bonchev–Trinajstić information content (AvgIpc) is 2.78. The second-order valence-corrected chi connectivity index (χ2v) is 6.05. The maximum Gasteiger partial charge on any atom is 0.181 e. The van der Waals surface area contributed by atoms with Gasteiger partial charge in [-0.05, 0) is 44.2 Å². The minimum absolute atomic E-state index is 0.434. The highest BCUT2D eigenvalue weighted by atomic mass is 35.5. The molecule has 1 aliphatic rings. The Morgan fingerprint density at radius 2 is 1.85 bits per heavy atom. The zero-order valence-electron chi connectivity index (χ0n) is 11.4. The van der Waals surface area contributed by atoms with Crippen molar-refractivity contribution >= 4 is 22.5 Å². The van der Waals surface area contributed by atoms with Crippen molar-refractivity contribution in [2.45, 2.75) is 19.6 Å². The lowest BCUT2D eigenvalue weighted by Crippen LogP contribution is -2.36. The molecule has 0 saturated carbocycles. The van der Waals surface area contributed by atoms with Gasteiger partial charge in [0, 0.05) is 16.0 Å². The third-order valence-corrected chi connectivity index (χ3v) is 4.06. The highest BCUT2D eigenvalue weighted by molar-refractivity contribution is 6.30. The van der Waals surface area contributed by atoms with Crippen LogP contribution in [0.5, 0.6) is 5.75 Å². The van der Waals surface area contributed by atoms with Crippen LogP contribution >= 0.6 is 11.6 Å². The minimum Gasteiger partial charge on any atom is -0.467 e. The summed E-state index contributed by atoms with van der Waals surface area (Å²) >= 11 is 6.09. The van der Waals surface area contributed by atoms with Crippen LogP contribution in [-0.4, -0.2) is 4.57 Å². The number of halogens is 1. The number of hydrogen-bond donors (Lipinski definition) is 0. The van der Waals surface area contributed by atoms with E-state index >= 15 is 0 Å². The van der Waals surface area contributed by atoms with Gasteiger partial charge < -0.3 is 9.30 Å². The largest absolute Gasteiger partial charge is 0.467 e. The predicted molar refractivity (Wildman–Crippen MR) is 82.3 cm³/mol. The number of benzene rings is 2. The number of rotatable bonds is 0. The molecule has 0 amide bonds. The second-order valence-electron chi connectivity index (χ2n) is 5.61. The first-order valence-corrected chi connectivity index (χ1v) is 7.04. The molecule has 2 heterocycles. The van der Waals surface area contributed by atoms with Crippen molar-refractivity contribution < 1.29 is 4.74 Å². The summed E-state index contributed by atoms with van der Waals surface area (Å²) in [6.45, 7) is 4.15. The van der Waals surface area contributed by atoms with E-state index in [1.807, 2.05) is 18.2 Å². The standard InChI is InChI=1S/C17H14ClNO/c1-17(2)19-14-6-4-3-5-11(14)9-15(19)13-8-7-12(18)10-16(13)20-17/h3-10H,1-2H3. The number of aromatic nitrogens is 1. The van der Waals surface area contributed by atoms with Crippen LogP contribution in [0.2, 0.25) is 5.02 Å². The van der Waals surface area contributed by atoms with Gasteiger partial charge >= 0.3 is 0 Å². The van der Waals surface area contributed by atoms with Gasteiger partial charge in [0.2, 0.25) is 0 Å². The van der Waals surface area contributed by atoms with E-state index in [-0.39, 0.29) is 0 Å². The van der Waals surface area contributed by atoms with Crippen LogP contribution in [0.3, 0.4) is 0 Å². The molecule has 0 atom stereocenters. The van der Waals surface area contributed by atoms with E-state index in [4.69, 9.17) is 16.3 Å². The topological polar surface area (TPSA) is 14.2 Å². The Bertz CT molecular complexity index is 832. The molecule has 0 bridgehead atoms. The molecule has 0 fully saturated rings. The van der Waals surface area contributed by atoms with Crippen LogP contribution < -0.4 is 4.74 Å². The van der Waals surface area contributed by atoms with Crippen molar-refractivity contribution in [2.24, 2.45) is 0 Å². The summed E-state index contributed by atoms with van der Waals surface area (Å²) in [6.07, 6.45) is 0. The SMILES string of the molecule is CC1(C)Oc2cc(Cl)ccc2-c2cc3ccccc3n21. The molecule has 0 radical (unpaired) electrons. The molecule has 0 aliphatic carbocycles. The van der Waals surface area contributed by atoms with Gasteiger partial charge in [0.25, 0.3) is 0 Å². The normalized spacial score (nSPS) is 15.6. The zero-order valence-corrected chi connectivity index (χ0v) is 12.1. The maximum atomic E-state index is 6.17. The highest BCUT2D eigenvalue weighted by Gasteiger charge is 2.33. The van der Waals surface area contributed by atoms with Crippen molar-refractivity contribution in [3.63, 3.8) is 0 Å². The maximum absolute atomic E-state index is 6.17. The van der Waals surface area contributed by atoms with Gasteiger partial charge in [0.1, 0.15) is 5.75 Å². The summed E-state index contributed by atoms with van der Waals surface area (Å²) < 4.78 is 8.42. The molecule has 0 unspecified atom stereocenters. The summed E-state index contributed by atoms with van der Waals surface area (Å²) in [4.78, 5) is 0. The quantitative estimate of drug-likeness (QED) is 0.563. The lowest BCUT2D eigenvalue weighted by molar-refractivity contribution is 0.0313. The van der Waals surface area contributed by atoms with Gasteiger partial charge in [0.15, 0.2) is 5.72 Å². The van der Waals surface area contributed by atoms with Gasteiger partial charge in [0.05, 0.1) is 11.2 Å². The summed E-state index contributed by atoms with van der Waals surface area (Å²) in [7, 11) is 0. The molecular weight excluding hydrogens is 270 g/mol. The van der Waals surface area contributed by atoms with Crippen LogP contribution in [0.15, 0.2) is 48.5 Å². The van der Waals surface area contributed by atoms with E-state index in [1.165, 1.54) is 16.6 Å².